The quantitative estimate of drug-likeness (QED) is 0.310. The van der Waals surface area contributed by atoms with Crippen LogP contribution in [0.25, 0.3) is 22.6 Å². The number of nitrogens with one attached hydrogen (secondary N) is 2. The largest absolute Gasteiger partial charge is 0.351 e. The van der Waals surface area contributed by atoms with Gasteiger partial charge < -0.3 is 20.1 Å². The van der Waals surface area contributed by atoms with Crippen LogP contribution >= 0.6 is 0 Å². The summed E-state index contributed by atoms with van der Waals surface area (Å²) in [6.07, 6.45) is 10.1. The van der Waals surface area contributed by atoms with Gasteiger partial charge in [-0.15, -0.1) is 0 Å². The van der Waals surface area contributed by atoms with Gasteiger partial charge in [0.1, 0.15) is 17.5 Å². The van der Waals surface area contributed by atoms with Crippen molar-refractivity contribution in [1.29, 1.82) is 0 Å². The number of anilines is 3. The Labute approximate surface area is 224 Å². The van der Waals surface area contributed by atoms with Crippen molar-refractivity contribution in [2.24, 2.45) is 0 Å². The first-order chi connectivity index (χ1) is 18.5. The summed E-state index contributed by atoms with van der Waals surface area (Å²) in [6.45, 7) is 9.36. The first-order valence-electron chi connectivity index (χ1n) is 13.5. The van der Waals surface area contributed by atoms with Crippen LogP contribution in [0, 0.1) is 13.8 Å². The van der Waals surface area contributed by atoms with Crippen molar-refractivity contribution in [1.82, 2.24) is 19.9 Å². The van der Waals surface area contributed by atoms with E-state index >= 15 is 0 Å². The average Bonchev–Trinajstić information content (AvgIpc) is 3.42. The van der Waals surface area contributed by atoms with Gasteiger partial charge in [0.05, 0.1) is 18.4 Å². The van der Waals surface area contributed by atoms with Gasteiger partial charge in [0.15, 0.2) is 0 Å². The molecule has 0 saturated heterocycles. The number of aromatic amines is 1. The van der Waals surface area contributed by atoms with Crippen molar-refractivity contribution in [2.45, 2.75) is 58.5 Å². The van der Waals surface area contributed by atoms with Crippen LogP contribution in [0.5, 0.6) is 0 Å². The number of H-pyrrole nitrogens is 1. The highest BCUT2D eigenvalue weighted by atomic mass is 15.4. The molecule has 2 N–H and O–H groups in total. The molecule has 1 aliphatic carbocycles. The zero-order chi connectivity index (χ0) is 26.2. The van der Waals surface area contributed by atoms with E-state index in [1.54, 1.807) is 0 Å². The predicted octanol–water partition coefficient (Wildman–Crippen LogP) is 6.82. The van der Waals surface area contributed by atoms with Crippen LogP contribution < -0.4 is 15.1 Å². The molecular weight excluding hydrogens is 470 g/mol. The van der Waals surface area contributed by atoms with Crippen LogP contribution in [0.1, 0.15) is 48.8 Å². The number of benzene rings is 2. The highest BCUT2D eigenvalue weighted by Gasteiger charge is 2.28. The van der Waals surface area contributed by atoms with E-state index in [0.29, 0.717) is 18.5 Å². The van der Waals surface area contributed by atoms with E-state index in [2.05, 4.69) is 88.0 Å². The van der Waals surface area contributed by atoms with Crippen LogP contribution in [0.2, 0.25) is 0 Å². The standard InChI is InChI=1S/C31H35N7/c1-20-10-8-9-13-26(20)27-18-32-29(35-27)23-15-14-21(2)28(16-23)38-19-24-17-33-31(34-25-11-6-5-7-12-25)36-30(24)37(4)22(38)3/h8-10,13-18,25H,3,5-7,11-12,19H2,1-2,4H3,(H,32,35)(H,33,34,36). The third kappa shape index (κ3) is 4.53. The number of nitrogens with zero attached hydrogens (tertiary/aromatic N) is 5. The minimum Gasteiger partial charge on any atom is -0.351 e. The summed E-state index contributed by atoms with van der Waals surface area (Å²) in [7, 11) is 2.03. The molecule has 1 aliphatic heterocycles. The van der Waals surface area contributed by atoms with E-state index in [0.717, 1.165) is 40.0 Å². The minimum atomic E-state index is 0.466. The monoisotopic (exact) mass is 505 g/mol. The number of imidazole rings is 1. The summed E-state index contributed by atoms with van der Waals surface area (Å²) in [5.41, 5.74) is 7.80. The lowest BCUT2D eigenvalue weighted by molar-refractivity contribution is 0.461. The molecule has 1 saturated carbocycles. The smallest absolute Gasteiger partial charge is 0.224 e. The van der Waals surface area contributed by atoms with E-state index in [-0.39, 0.29) is 0 Å². The topological polar surface area (TPSA) is 73.0 Å². The second kappa shape index (κ2) is 9.97. The molecule has 38 heavy (non-hydrogen) atoms. The van der Waals surface area contributed by atoms with Crippen LogP contribution in [0.15, 0.2) is 67.3 Å². The number of aryl methyl sites for hydroxylation is 2. The molecule has 0 atom stereocenters. The number of aromatic nitrogens is 4. The Morgan fingerprint density at radius 3 is 2.61 bits per heavy atom. The molecule has 7 heteroatoms. The van der Waals surface area contributed by atoms with Gasteiger partial charge in [0, 0.05) is 41.7 Å². The number of rotatable bonds is 5. The van der Waals surface area contributed by atoms with Crippen molar-refractivity contribution in [3.8, 4) is 22.6 Å². The second-order valence-electron chi connectivity index (χ2n) is 10.5. The van der Waals surface area contributed by atoms with E-state index in [1.807, 2.05) is 19.4 Å². The van der Waals surface area contributed by atoms with Crippen LogP contribution in [0.3, 0.4) is 0 Å². The molecule has 0 radical (unpaired) electrons. The molecule has 2 aromatic carbocycles. The Kier molecular flexibility index (Phi) is 6.35. The highest BCUT2D eigenvalue weighted by Crippen LogP contribution is 2.37. The number of hydrogen-bond acceptors (Lipinski definition) is 6. The molecule has 1 fully saturated rings. The summed E-state index contributed by atoms with van der Waals surface area (Å²) in [6, 6.07) is 15.3. The summed E-state index contributed by atoms with van der Waals surface area (Å²) in [5, 5.41) is 3.56. The van der Waals surface area contributed by atoms with Gasteiger partial charge in [0.25, 0.3) is 0 Å². The Hall–Kier alpha value is -4.13. The Morgan fingerprint density at radius 2 is 1.79 bits per heavy atom. The molecule has 6 rings (SSSR count). The van der Waals surface area contributed by atoms with Crippen LogP contribution in [-0.4, -0.2) is 33.0 Å². The third-order valence-electron chi connectivity index (χ3n) is 7.91. The summed E-state index contributed by atoms with van der Waals surface area (Å²) in [4.78, 5) is 22.1. The summed E-state index contributed by atoms with van der Waals surface area (Å²) < 4.78 is 0. The summed E-state index contributed by atoms with van der Waals surface area (Å²) in [5.74, 6) is 3.37. The third-order valence-corrected chi connectivity index (χ3v) is 7.91. The molecule has 0 amide bonds. The van der Waals surface area contributed by atoms with Crippen LogP contribution in [-0.2, 0) is 6.54 Å². The van der Waals surface area contributed by atoms with Crippen molar-refractivity contribution >= 4 is 17.5 Å². The zero-order valence-electron chi connectivity index (χ0n) is 22.5. The van der Waals surface area contributed by atoms with Crippen molar-refractivity contribution in [3.05, 3.63) is 83.9 Å². The maximum atomic E-state index is 4.89. The van der Waals surface area contributed by atoms with E-state index in [4.69, 9.17) is 9.97 Å². The lowest BCUT2D eigenvalue weighted by Gasteiger charge is -2.39. The lowest BCUT2D eigenvalue weighted by atomic mass is 9.96. The van der Waals surface area contributed by atoms with Crippen molar-refractivity contribution in [3.63, 3.8) is 0 Å². The molecule has 0 bridgehead atoms. The molecule has 0 unspecified atom stereocenters. The molecule has 7 nitrogen and oxygen atoms in total. The fourth-order valence-corrected chi connectivity index (χ4v) is 5.62. The fraction of sp³-hybridized carbons (Fsp3) is 0.323. The van der Waals surface area contributed by atoms with Gasteiger partial charge in [-0.05, 0) is 43.9 Å². The Balaban J connectivity index is 1.27. The normalized spacial score (nSPS) is 16.0. The van der Waals surface area contributed by atoms with Crippen molar-refractivity contribution < 1.29 is 0 Å². The molecular formula is C31H35N7. The van der Waals surface area contributed by atoms with Gasteiger partial charge in [0.2, 0.25) is 5.95 Å². The lowest BCUT2D eigenvalue weighted by Crippen LogP contribution is -2.38. The second-order valence-corrected chi connectivity index (χ2v) is 10.5. The van der Waals surface area contributed by atoms with Gasteiger partial charge >= 0.3 is 0 Å². The Morgan fingerprint density at radius 1 is 0.974 bits per heavy atom. The highest BCUT2D eigenvalue weighted by molar-refractivity contribution is 5.73. The molecule has 2 aromatic heterocycles. The molecule has 4 aromatic rings. The number of hydrogen-bond donors (Lipinski definition) is 2. The van der Waals surface area contributed by atoms with Gasteiger partial charge in [-0.25, -0.2) is 9.97 Å². The molecule has 194 valence electrons. The van der Waals surface area contributed by atoms with Crippen molar-refractivity contribution in [2.75, 3.05) is 22.2 Å². The Bertz CT molecular complexity index is 1480. The van der Waals surface area contributed by atoms with E-state index < -0.39 is 0 Å². The predicted molar refractivity (Wildman–Crippen MR) is 155 cm³/mol. The molecule has 2 aliphatic rings. The van der Waals surface area contributed by atoms with Gasteiger partial charge in [-0.1, -0.05) is 62.2 Å². The SMILES string of the molecule is C=C1N(C)c2nc(NC3CCCCC3)ncc2CN1c1cc(-c2ncc(-c3ccccc3C)[nH]2)ccc1C. The fourth-order valence-electron chi connectivity index (χ4n) is 5.62. The van der Waals surface area contributed by atoms with Crippen LogP contribution in [0.4, 0.5) is 17.5 Å². The first kappa shape index (κ1) is 24.2. The maximum absolute atomic E-state index is 4.89. The minimum absolute atomic E-state index is 0.466. The zero-order valence-corrected chi connectivity index (χ0v) is 22.5. The maximum Gasteiger partial charge on any atom is 0.224 e. The van der Waals surface area contributed by atoms with Gasteiger partial charge in [-0.2, -0.15) is 4.98 Å². The van der Waals surface area contributed by atoms with Gasteiger partial charge in [-0.3, -0.25) is 0 Å². The molecule has 3 heterocycles. The van der Waals surface area contributed by atoms with E-state index in [9.17, 15) is 0 Å². The molecule has 0 spiro atoms. The average molecular weight is 506 g/mol. The number of fused-ring (bicyclic) bond motifs is 1. The van der Waals surface area contributed by atoms with E-state index in [1.165, 1.54) is 48.8 Å². The summed E-state index contributed by atoms with van der Waals surface area (Å²) >= 11 is 0. The first-order valence-corrected chi connectivity index (χ1v) is 13.5.